The molecule has 0 aromatic heterocycles. The lowest BCUT2D eigenvalue weighted by Gasteiger charge is -2.32. The molecule has 0 saturated carbocycles. The predicted molar refractivity (Wildman–Crippen MR) is 77.7 cm³/mol. The minimum atomic E-state index is -1.12. The van der Waals surface area contributed by atoms with E-state index in [1.165, 1.54) is 12.1 Å². The van der Waals surface area contributed by atoms with Crippen molar-refractivity contribution in [1.82, 2.24) is 5.32 Å². The number of nitrogens with zero attached hydrogens (tertiary/aromatic N) is 1. The van der Waals surface area contributed by atoms with Gasteiger partial charge in [0.25, 0.3) is 5.84 Å². The number of fused-ring (bicyclic) bond motifs is 2. The van der Waals surface area contributed by atoms with E-state index in [0.717, 1.165) is 35.6 Å². The largest absolute Gasteiger partial charge is 0.349 e. The fourth-order valence-corrected chi connectivity index (χ4v) is 3.35. The molecular formula is C17H16FN2O+. The van der Waals surface area contributed by atoms with Crippen LogP contribution in [-0.2, 0) is 12.1 Å². The van der Waals surface area contributed by atoms with Crippen molar-refractivity contribution < 1.29 is 14.1 Å². The second kappa shape index (κ2) is 4.40. The minimum Gasteiger partial charge on any atom is -0.349 e. The molecule has 4 heteroatoms. The van der Waals surface area contributed by atoms with E-state index in [1.807, 2.05) is 22.8 Å². The van der Waals surface area contributed by atoms with Crippen molar-refractivity contribution in [2.24, 2.45) is 0 Å². The minimum absolute atomic E-state index is 0.290. The van der Waals surface area contributed by atoms with Crippen molar-refractivity contribution in [3.8, 4) is 0 Å². The first kappa shape index (κ1) is 12.5. The van der Waals surface area contributed by atoms with Gasteiger partial charge in [0.2, 0.25) is 5.72 Å². The molecule has 0 amide bonds. The van der Waals surface area contributed by atoms with Crippen LogP contribution < -0.4 is 5.32 Å². The molecule has 2 aliphatic rings. The topological polar surface area (TPSA) is 35.3 Å². The molecule has 3 nitrogen and oxygen atoms in total. The summed E-state index contributed by atoms with van der Waals surface area (Å²) >= 11 is 0. The highest BCUT2D eigenvalue weighted by molar-refractivity contribution is 5.97. The van der Waals surface area contributed by atoms with E-state index in [9.17, 15) is 9.50 Å². The maximum Gasteiger partial charge on any atom is 0.280 e. The fourth-order valence-electron chi connectivity index (χ4n) is 3.35. The van der Waals surface area contributed by atoms with Crippen LogP contribution in [0.1, 0.15) is 16.7 Å². The average Bonchev–Trinajstić information content (AvgIpc) is 2.99. The van der Waals surface area contributed by atoms with Gasteiger partial charge in [-0.2, -0.15) is 0 Å². The lowest BCUT2D eigenvalue weighted by molar-refractivity contribution is -0.664. The number of rotatable bonds is 1. The molecule has 2 aromatic carbocycles. The zero-order chi connectivity index (χ0) is 14.4. The molecule has 0 unspecified atom stereocenters. The number of benzene rings is 2. The van der Waals surface area contributed by atoms with Gasteiger partial charge in [-0.3, -0.25) is 5.32 Å². The molecule has 2 aliphatic heterocycles. The maximum atomic E-state index is 13.2. The second-order valence-corrected chi connectivity index (χ2v) is 5.58. The summed E-state index contributed by atoms with van der Waals surface area (Å²) in [5.41, 5.74) is 1.84. The van der Waals surface area contributed by atoms with E-state index in [1.54, 1.807) is 12.1 Å². The van der Waals surface area contributed by atoms with Gasteiger partial charge in [0.05, 0.1) is 5.56 Å². The average molecular weight is 283 g/mol. The summed E-state index contributed by atoms with van der Waals surface area (Å²) in [6, 6.07) is 14.2. The van der Waals surface area contributed by atoms with Gasteiger partial charge in [-0.1, -0.05) is 18.2 Å². The molecule has 0 fully saturated rings. The first-order valence-electron chi connectivity index (χ1n) is 7.14. The van der Waals surface area contributed by atoms with E-state index >= 15 is 0 Å². The van der Waals surface area contributed by atoms with Crippen molar-refractivity contribution in [2.75, 3.05) is 13.1 Å². The fraction of sp³-hybridized carbons (Fsp3) is 0.235. The third-order valence-corrected chi connectivity index (χ3v) is 4.36. The van der Waals surface area contributed by atoms with Gasteiger partial charge < -0.3 is 5.11 Å². The van der Waals surface area contributed by atoms with Crippen LogP contribution in [0.25, 0.3) is 0 Å². The van der Waals surface area contributed by atoms with Gasteiger partial charge in [-0.25, -0.2) is 8.97 Å². The Kier molecular flexibility index (Phi) is 2.62. The van der Waals surface area contributed by atoms with E-state index < -0.39 is 5.72 Å². The van der Waals surface area contributed by atoms with Crippen LogP contribution in [0, 0.1) is 5.82 Å². The van der Waals surface area contributed by atoms with Gasteiger partial charge in [0.15, 0.2) is 0 Å². The molecular weight excluding hydrogens is 267 g/mol. The Morgan fingerprint density at radius 3 is 2.67 bits per heavy atom. The molecule has 2 N–H and O–H groups in total. The van der Waals surface area contributed by atoms with E-state index in [0.29, 0.717) is 6.42 Å². The molecule has 106 valence electrons. The zero-order valence-corrected chi connectivity index (χ0v) is 11.5. The summed E-state index contributed by atoms with van der Waals surface area (Å²) in [6.07, 6.45) is 0.500. The number of aliphatic hydroxyl groups is 1. The molecule has 0 spiro atoms. The second-order valence-electron chi connectivity index (χ2n) is 5.58. The summed E-state index contributed by atoms with van der Waals surface area (Å²) < 4.78 is 15.2. The van der Waals surface area contributed by atoms with Gasteiger partial charge in [0, 0.05) is 12.0 Å². The highest BCUT2D eigenvalue weighted by Crippen LogP contribution is 2.33. The number of nitrogens with one attached hydrogen (secondary N) is 1. The van der Waals surface area contributed by atoms with Crippen molar-refractivity contribution in [2.45, 2.75) is 12.1 Å². The Balaban J connectivity index is 1.91. The van der Waals surface area contributed by atoms with Crippen LogP contribution >= 0.6 is 0 Å². The highest BCUT2D eigenvalue weighted by atomic mass is 19.1. The summed E-state index contributed by atoms with van der Waals surface area (Å²) in [4.78, 5) is 0. The summed E-state index contributed by atoms with van der Waals surface area (Å²) in [5.74, 6) is 0.672. The Morgan fingerprint density at radius 1 is 1.10 bits per heavy atom. The Morgan fingerprint density at radius 2 is 1.86 bits per heavy atom. The van der Waals surface area contributed by atoms with E-state index in [4.69, 9.17) is 0 Å². The summed E-state index contributed by atoms with van der Waals surface area (Å²) in [5, 5.41) is 14.7. The Bertz CT molecular complexity index is 739. The molecule has 0 saturated heterocycles. The van der Waals surface area contributed by atoms with Crippen LogP contribution in [-0.4, -0.2) is 28.6 Å². The molecule has 1 atom stereocenters. The third-order valence-electron chi connectivity index (χ3n) is 4.36. The summed E-state index contributed by atoms with van der Waals surface area (Å²) in [6.45, 7) is 1.53. The zero-order valence-electron chi connectivity index (χ0n) is 11.5. The van der Waals surface area contributed by atoms with Crippen LogP contribution in [0.2, 0.25) is 0 Å². The third kappa shape index (κ3) is 1.79. The van der Waals surface area contributed by atoms with Gasteiger partial charge >= 0.3 is 0 Å². The van der Waals surface area contributed by atoms with E-state index in [2.05, 4.69) is 11.4 Å². The number of amidine groups is 1. The number of hydrogen-bond donors (Lipinski definition) is 2. The van der Waals surface area contributed by atoms with E-state index in [-0.39, 0.29) is 5.82 Å². The summed E-state index contributed by atoms with van der Waals surface area (Å²) in [7, 11) is 0. The first-order valence-corrected chi connectivity index (χ1v) is 7.14. The molecule has 0 aliphatic carbocycles. The van der Waals surface area contributed by atoms with Crippen molar-refractivity contribution in [3.05, 3.63) is 71.0 Å². The molecule has 21 heavy (non-hydrogen) atoms. The predicted octanol–water partition coefficient (Wildman–Crippen LogP) is 1.59. The number of hydrogen-bond acceptors (Lipinski definition) is 2. The molecule has 2 heterocycles. The lowest BCUT2D eigenvalue weighted by Crippen LogP contribution is -2.47. The molecule has 4 rings (SSSR count). The van der Waals surface area contributed by atoms with Gasteiger partial charge in [-0.15, -0.1) is 0 Å². The quantitative estimate of drug-likeness (QED) is 0.780. The SMILES string of the molecule is O[C@]1(c2ccc(F)cc2)Cc2ccccc2C2=[N+]1CCN2. The van der Waals surface area contributed by atoms with Crippen LogP contribution in [0.4, 0.5) is 4.39 Å². The number of halogens is 1. The molecule has 2 aromatic rings. The smallest absolute Gasteiger partial charge is 0.280 e. The van der Waals surface area contributed by atoms with Crippen molar-refractivity contribution in [3.63, 3.8) is 0 Å². The Labute approximate surface area is 122 Å². The monoisotopic (exact) mass is 283 g/mol. The first-order chi connectivity index (χ1) is 10.2. The molecule has 0 bridgehead atoms. The van der Waals surface area contributed by atoms with Crippen LogP contribution in [0.5, 0.6) is 0 Å². The van der Waals surface area contributed by atoms with Crippen LogP contribution in [0.15, 0.2) is 48.5 Å². The molecule has 0 radical (unpaired) electrons. The van der Waals surface area contributed by atoms with Gasteiger partial charge in [-0.05, 0) is 35.9 Å². The van der Waals surface area contributed by atoms with Crippen LogP contribution in [0.3, 0.4) is 0 Å². The normalized spacial score (nSPS) is 23.5. The van der Waals surface area contributed by atoms with Crippen molar-refractivity contribution >= 4 is 5.84 Å². The van der Waals surface area contributed by atoms with Gasteiger partial charge in [0.1, 0.15) is 18.9 Å². The lowest BCUT2D eigenvalue weighted by atomic mass is 9.88. The maximum absolute atomic E-state index is 13.2. The Hall–Kier alpha value is -2.20. The standard InChI is InChI=1S/C17H15FN2O/c18-14-7-5-13(6-8-14)17(21)11-12-3-1-2-4-15(12)16-19-9-10-20(16)17/h1-8,21H,9-11H2/p+1/t17-/m0/s1. The van der Waals surface area contributed by atoms with Crippen molar-refractivity contribution in [1.29, 1.82) is 0 Å². The highest BCUT2D eigenvalue weighted by Gasteiger charge is 2.46.